The van der Waals surface area contributed by atoms with E-state index in [1.807, 2.05) is 23.5 Å². The van der Waals surface area contributed by atoms with Gasteiger partial charge in [-0.2, -0.15) is 0 Å². The fourth-order valence-corrected chi connectivity index (χ4v) is 10.8. The van der Waals surface area contributed by atoms with Crippen molar-refractivity contribution in [2.24, 2.45) is 0 Å². The number of hydrogen-bond donors (Lipinski definition) is 0. The van der Waals surface area contributed by atoms with E-state index in [0.717, 1.165) is 66.2 Å². The van der Waals surface area contributed by atoms with E-state index >= 15 is 0 Å². The van der Waals surface area contributed by atoms with Crippen LogP contribution in [0.4, 0.5) is 17.1 Å². The van der Waals surface area contributed by atoms with Gasteiger partial charge in [0.1, 0.15) is 16.2 Å². The van der Waals surface area contributed by atoms with Crippen LogP contribution in [0.5, 0.6) is 0 Å². The summed E-state index contributed by atoms with van der Waals surface area (Å²) in [6.07, 6.45) is 0. The molecule has 3 aromatic heterocycles. The Morgan fingerprint density at radius 2 is 1.02 bits per heavy atom. The first-order valence-electron chi connectivity index (χ1n) is 20.1. The molecule has 0 unspecified atom stereocenters. The Morgan fingerprint density at radius 3 is 1.82 bits per heavy atom. The van der Waals surface area contributed by atoms with E-state index in [9.17, 15) is 0 Å². The van der Waals surface area contributed by atoms with Gasteiger partial charge >= 0.3 is 0 Å². The lowest BCUT2D eigenvalue weighted by Gasteiger charge is -2.28. The Balaban J connectivity index is 0.933. The zero-order valence-electron chi connectivity index (χ0n) is 32.2. The summed E-state index contributed by atoms with van der Waals surface area (Å²) in [6.45, 7) is 0. The highest BCUT2D eigenvalue weighted by Crippen LogP contribution is 2.45. The molecule has 0 aliphatic carbocycles. The zero-order chi connectivity index (χ0) is 39.6. The molecule has 3 heterocycles. The molecule has 0 saturated heterocycles. The van der Waals surface area contributed by atoms with Gasteiger partial charge in [-0.25, -0.2) is 4.98 Å². The van der Waals surface area contributed by atoms with E-state index < -0.39 is 0 Å². The van der Waals surface area contributed by atoms with Gasteiger partial charge in [0.15, 0.2) is 0 Å². The molecule has 12 aromatic rings. The maximum atomic E-state index is 6.43. The third-order valence-corrected chi connectivity index (χ3v) is 13.7. The van der Waals surface area contributed by atoms with Crippen molar-refractivity contribution in [1.29, 1.82) is 0 Å². The summed E-state index contributed by atoms with van der Waals surface area (Å²) in [4.78, 5) is 7.54. The quantitative estimate of drug-likeness (QED) is 0.161. The number of anilines is 3. The summed E-state index contributed by atoms with van der Waals surface area (Å²) < 4.78 is 10.2. The summed E-state index contributed by atoms with van der Waals surface area (Å²) >= 11 is 3.61. The van der Waals surface area contributed by atoms with Crippen LogP contribution in [0.1, 0.15) is 0 Å². The Bertz CT molecular complexity index is 3530. The third kappa shape index (κ3) is 5.82. The lowest BCUT2D eigenvalue weighted by Crippen LogP contribution is -2.11. The molecule has 282 valence electrons. The fourth-order valence-electron chi connectivity index (χ4n) is 8.66. The van der Waals surface area contributed by atoms with Crippen molar-refractivity contribution in [3.8, 4) is 44.0 Å². The van der Waals surface area contributed by atoms with Crippen LogP contribution in [0.15, 0.2) is 211 Å². The van der Waals surface area contributed by atoms with E-state index in [1.165, 1.54) is 47.1 Å². The summed E-state index contributed by atoms with van der Waals surface area (Å²) in [5.41, 5.74) is 14.2. The topological polar surface area (TPSA) is 29.3 Å². The van der Waals surface area contributed by atoms with Crippen LogP contribution in [-0.4, -0.2) is 4.98 Å². The van der Waals surface area contributed by atoms with E-state index in [2.05, 4.69) is 199 Å². The van der Waals surface area contributed by atoms with Gasteiger partial charge in [-0.1, -0.05) is 152 Å². The molecule has 3 nitrogen and oxygen atoms in total. The Morgan fingerprint density at radius 1 is 0.400 bits per heavy atom. The molecule has 0 aliphatic heterocycles. The van der Waals surface area contributed by atoms with Gasteiger partial charge in [0, 0.05) is 59.0 Å². The van der Waals surface area contributed by atoms with Crippen LogP contribution >= 0.6 is 22.7 Å². The van der Waals surface area contributed by atoms with E-state index in [-0.39, 0.29) is 0 Å². The number of para-hydroxylation sites is 3. The minimum atomic E-state index is 0.905. The van der Waals surface area contributed by atoms with Gasteiger partial charge in [-0.3, -0.25) is 0 Å². The van der Waals surface area contributed by atoms with Crippen molar-refractivity contribution < 1.29 is 4.42 Å². The first-order chi connectivity index (χ1) is 29.7. The predicted molar refractivity (Wildman–Crippen MR) is 256 cm³/mol. The van der Waals surface area contributed by atoms with Gasteiger partial charge in [0.2, 0.25) is 0 Å². The lowest BCUT2D eigenvalue weighted by atomic mass is 9.99. The molecule has 0 radical (unpaired) electrons. The predicted octanol–water partition coefficient (Wildman–Crippen LogP) is 16.7. The van der Waals surface area contributed by atoms with Crippen LogP contribution in [0.25, 0.3) is 96.3 Å². The highest BCUT2D eigenvalue weighted by molar-refractivity contribution is 7.26. The van der Waals surface area contributed by atoms with Gasteiger partial charge < -0.3 is 9.32 Å². The van der Waals surface area contributed by atoms with Gasteiger partial charge in [-0.05, 0) is 76.9 Å². The van der Waals surface area contributed by atoms with Crippen molar-refractivity contribution in [2.45, 2.75) is 0 Å². The van der Waals surface area contributed by atoms with Crippen molar-refractivity contribution in [3.05, 3.63) is 206 Å². The summed E-state index contributed by atoms with van der Waals surface area (Å²) in [6, 6.07) is 73.8. The smallest absolute Gasteiger partial charge is 0.143 e. The number of fused-ring (bicyclic) bond motifs is 8. The molecule has 0 spiro atoms. The average Bonchev–Trinajstić information content (AvgIpc) is 4.04. The van der Waals surface area contributed by atoms with E-state index in [4.69, 9.17) is 9.40 Å². The standard InChI is InChI=1S/C55H34N2OS2/c1-3-12-36(13-4-1)42-16-7-9-20-47(42)57(41-29-24-37(25-30-41)43-18-11-19-45-44-17-8-10-21-48(44)58-54(43)45)40-27-22-35(23-28-40)39-26-31-46-51(34-39)59-49-32-33-50-53(52(46)49)56-55(60-50)38-14-5-2-6-15-38/h1-34H. The molecule has 0 fully saturated rings. The number of thiophene rings is 1. The Labute approximate surface area is 354 Å². The second kappa shape index (κ2) is 14.2. The number of rotatable bonds is 7. The average molecular weight is 803 g/mol. The second-order valence-corrected chi connectivity index (χ2v) is 17.2. The highest BCUT2D eigenvalue weighted by Gasteiger charge is 2.19. The molecule has 0 atom stereocenters. The van der Waals surface area contributed by atoms with Crippen molar-refractivity contribution in [2.75, 3.05) is 4.90 Å². The second-order valence-electron chi connectivity index (χ2n) is 15.1. The molecule has 0 aliphatic rings. The monoisotopic (exact) mass is 802 g/mol. The minimum absolute atomic E-state index is 0.905. The Hall–Kier alpha value is -7.31. The van der Waals surface area contributed by atoms with Crippen molar-refractivity contribution in [3.63, 3.8) is 0 Å². The molecule has 12 rings (SSSR count). The fraction of sp³-hybridized carbons (Fsp3) is 0. The first-order valence-corrected chi connectivity index (χ1v) is 21.7. The molecule has 0 bridgehead atoms. The van der Waals surface area contributed by atoms with E-state index in [0.29, 0.717) is 0 Å². The van der Waals surface area contributed by atoms with Crippen molar-refractivity contribution in [1.82, 2.24) is 4.98 Å². The van der Waals surface area contributed by atoms with Crippen LogP contribution in [-0.2, 0) is 0 Å². The number of thiazole rings is 1. The lowest BCUT2D eigenvalue weighted by molar-refractivity contribution is 0.670. The van der Waals surface area contributed by atoms with Gasteiger partial charge in [0.25, 0.3) is 0 Å². The molecular weight excluding hydrogens is 769 g/mol. The van der Waals surface area contributed by atoms with Crippen LogP contribution in [0, 0.1) is 0 Å². The number of aromatic nitrogens is 1. The molecule has 9 aromatic carbocycles. The summed E-state index contributed by atoms with van der Waals surface area (Å²) in [7, 11) is 0. The molecule has 60 heavy (non-hydrogen) atoms. The maximum absolute atomic E-state index is 6.43. The van der Waals surface area contributed by atoms with Crippen LogP contribution in [0.2, 0.25) is 0 Å². The molecule has 0 N–H and O–H groups in total. The SMILES string of the molecule is c1ccc(-c2nc3c(ccc4sc5cc(-c6ccc(N(c7ccc(-c8cccc9c8oc8ccccc89)cc7)c7ccccc7-c7ccccc7)cc6)ccc5c43)s2)cc1. The number of hydrogen-bond acceptors (Lipinski definition) is 5. The molecule has 0 saturated carbocycles. The normalized spacial score (nSPS) is 11.7. The molecule has 0 amide bonds. The maximum Gasteiger partial charge on any atom is 0.143 e. The largest absolute Gasteiger partial charge is 0.455 e. The summed E-state index contributed by atoms with van der Waals surface area (Å²) in [5, 5.41) is 5.84. The molecular formula is C55H34N2OS2. The van der Waals surface area contributed by atoms with Gasteiger partial charge in [-0.15, -0.1) is 22.7 Å². The molecule has 5 heteroatoms. The van der Waals surface area contributed by atoms with Crippen molar-refractivity contribution >= 4 is 92.1 Å². The van der Waals surface area contributed by atoms with Crippen LogP contribution < -0.4 is 4.90 Å². The number of nitrogens with zero attached hydrogens (tertiary/aromatic N) is 2. The Kier molecular flexibility index (Phi) is 8.22. The number of furan rings is 1. The third-order valence-electron chi connectivity index (χ3n) is 11.5. The van der Waals surface area contributed by atoms with Crippen LogP contribution in [0.3, 0.4) is 0 Å². The first kappa shape index (κ1) is 34.7. The summed E-state index contributed by atoms with van der Waals surface area (Å²) in [5.74, 6) is 0. The minimum Gasteiger partial charge on any atom is -0.455 e. The zero-order valence-corrected chi connectivity index (χ0v) is 33.9. The van der Waals surface area contributed by atoms with Gasteiger partial charge in [0.05, 0.1) is 15.9 Å². The number of benzene rings is 9. The van der Waals surface area contributed by atoms with E-state index in [1.54, 1.807) is 11.3 Å². The highest BCUT2D eigenvalue weighted by atomic mass is 32.1.